The number of morpholine rings is 1. The Balaban J connectivity index is 1.78. The number of carbonyl (C=O) groups is 2. The molecule has 0 saturated carbocycles. The fourth-order valence-corrected chi connectivity index (χ4v) is 3.70. The summed E-state index contributed by atoms with van der Waals surface area (Å²) in [7, 11) is 0. The van der Waals surface area contributed by atoms with Crippen LogP contribution in [0.3, 0.4) is 0 Å². The summed E-state index contributed by atoms with van der Waals surface area (Å²) in [4.78, 5) is 28.2. The molecule has 7 heteroatoms. The van der Waals surface area contributed by atoms with Crippen LogP contribution < -0.4 is 0 Å². The minimum Gasteiger partial charge on any atom is -0.372 e. The van der Waals surface area contributed by atoms with E-state index in [0.717, 1.165) is 18.2 Å². The molecule has 3 rings (SSSR count). The zero-order chi connectivity index (χ0) is 18.1. The van der Waals surface area contributed by atoms with Crippen molar-refractivity contribution < 1.29 is 23.1 Å². The van der Waals surface area contributed by atoms with Gasteiger partial charge in [-0.1, -0.05) is 0 Å². The third kappa shape index (κ3) is 3.66. The summed E-state index contributed by atoms with van der Waals surface area (Å²) < 4.78 is 33.2. The average molecular weight is 352 g/mol. The Bertz CT molecular complexity index is 672. The number of hydrogen-bond donors (Lipinski definition) is 0. The molecule has 0 radical (unpaired) electrons. The molecule has 2 fully saturated rings. The number of hydrogen-bond acceptors (Lipinski definition) is 3. The molecule has 2 amide bonds. The van der Waals surface area contributed by atoms with Gasteiger partial charge in [-0.15, -0.1) is 0 Å². The third-order valence-corrected chi connectivity index (χ3v) is 4.72. The number of amides is 2. The van der Waals surface area contributed by atoms with Crippen LogP contribution in [0.1, 0.15) is 38.3 Å². The second-order valence-electron chi connectivity index (χ2n) is 6.79. The van der Waals surface area contributed by atoms with Gasteiger partial charge in [0.15, 0.2) is 0 Å². The van der Waals surface area contributed by atoms with Gasteiger partial charge in [-0.25, -0.2) is 8.78 Å². The molecule has 0 bridgehead atoms. The van der Waals surface area contributed by atoms with Crippen molar-refractivity contribution in [3.63, 3.8) is 0 Å². The summed E-state index contributed by atoms with van der Waals surface area (Å²) in [5.41, 5.74) is 0.127. The normalized spacial score (nSPS) is 26.8. The van der Waals surface area contributed by atoms with Gasteiger partial charge in [0, 0.05) is 25.2 Å². The van der Waals surface area contributed by atoms with Crippen molar-refractivity contribution in [2.45, 2.75) is 44.9 Å². The van der Waals surface area contributed by atoms with Gasteiger partial charge >= 0.3 is 11.8 Å². The molecule has 136 valence electrons. The average Bonchev–Trinajstić information content (AvgIpc) is 3.04. The van der Waals surface area contributed by atoms with Crippen molar-refractivity contribution in [1.29, 1.82) is 0 Å². The van der Waals surface area contributed by atoms with E-state index in [1.807, 2.05) is 13.8 Å². The zero-order valence-electron chi connectivity index (χ0n) is 14.4. The second kappa shape index (κ2) is 7.07. The molecular formula is C18H22F2N2O3. The molecule has 2 aliphatic rings. The van der Waals surface area contributed by atoms with Crippen LogP contribution >= 0.6 is 0 Å². The molecule has 3 unspecified atom stereocenters. The van der Waals surface area contributed by atoms with Crippen molar-refractivity contribution >= 4 is 11.8 Å². The molecule has 2 heterocycles. The van der Waals surface area contributed by atoms with Crippen molar-refractivity contribution in [2.75, 3.05) is 19.6 Å². The summed E-state index contributed by atoms with van der Waals surface area (Å²) >= 11 is 0. The van der Waals surface area contributed by atoms with E-state index in [4.69, 9.17) is 4.74 Å². The van der Waals surface area contributed by atoms with Gasteiger partial charge in [0.1, 0.15) is 11.6 Å². The van der Waals surface area contributed by atoms with Gasteiger partial charge in [0.25, 0.3) is 0 Å². The molecule has 0 aliphatic carbocycles. The number of benzene rings is 1. The third-order valence-electron chi connectivity index (χ3n) is 4.72. The molecule has 2 saturated heterocycles. The maximum absolute atomic E-state index is 14.1. The second-order valence-corrected chi connectivity index (χ2v) is 6.79. The number of halogens is 2. The fraction of sp³-hybridized carbons (Fsp3) is 0.556. The largest absolute Gasteiger partial charge is 0.372 e. The van der Waals surface area contributed by atoms with Crippen LogP contribution in [0.15, 0.2) is 18.2 Å². The van der Waals surface area contributed by atoms with Crippen molar-refractivity contribution in [1.82, 2.24) is 9.80 Å². The van der Waals surface area contributed by atoms with Gasteiger partial charge in [-0.2, -0.15) is 0 Å². The van der Waals surface area contributed by atoms with E-state index >= 15 is 0 Å². The first-order valence-corrected chi connectivity index (χ1v) is 8.57. The van der Waals surface area contributed by atoms with E-state index in [0.29, 0.717) is 32.5 Å². The lowest BCUT2D eigenvalue weighted by Crippen LogP contribution is -2.53. The molecule has 0 N–H and O–H groups in total. The Kier molecular flexibility index (Phi) is 5.03. The highest BCUT2D eigenvalue weighted by Crippen LogP contribution is 2.34. The van der Waals surface area contributed by atoms with Gasteiger partial charge in [-0.3, -0.25) is 9.59 Å². The monoisotopic (exact) mass is 352 g/mol. The standard InChI is InChI=1S/C18H22F2N2O3/c1-11-9-21(10-12(2)25-11)17(23)18(24)22-7-3-4-16(22)14-8-13(19)5-6-15(14)20/h5-6,8,11-12,16H,3-4,7,9-10H2,1-2H3. The first kappa shape index (κ1) is 17.8. The van der Waals surface area contributed by atoms with Crippen LogP contribution in [0.2, 0.25) is 0 Å². The Morgan fingerprint density at radius 1 is 1.12 bits per heavy atom. The molecule has 1 aromatic carbocycles. The smallest absolute Gasteiger partial charge is 0.312 e. The van der Waals surface area contributed by atoms with Crippen molar-refractivity contribution in [3.8, 4) is 0 Å². The quantitative estimate of drug-likeness (QED) is 0.729. The lowest BCUT2D eigenvalue weighted by molar-refractivity contribution is -0.158. The maximum atomic E-state index is 14.1. The molecule has 0 aromatic heterocycles. The van der Waals surface area contributed by atoms with Crippen LogP contribution in [0.5, 0.6) is 0 Å². The maximum Gasteiger partial charge on any atom is 0.312 e. The van der Waals surface area contributed by atoms with Gasteiger partial charge < -0.3 is 14.5 Å². The Hall–Kier alpha value is -2.02. The topological polar surface area (TPSA) is 49.9 Å². The number of rotatable bonds is 1. The predicted molar refractivity (Wildman–Crippen MR) is 86.6 cm³/mol. The first-order chi connectivity index (χ1) is 11.9. The van der Waals surface area contributed by atoms with Crippen molar-refractivity contribution in [2.24, 2.45) is 0 Å². The SMILES string of the molecule is CC1CN(C(=O)C(=O)N2CCCC2c2cc(F)ccc2F)CC(C)O1. The van der Waals surface area contributed by atoms with E-state index in [1.54, 1.807) is 0 Å². The van der Waals surface area contributed by atoms with Gasteiger partial charge in [0.2, 0.25) is 0 Å². The van der Waals surface area contributed by atoms with E-state index in [2.05, 4.69) is 0 Å². The van der Waals surface area contributed by atoms with Gasteiger partial charge in [-0.05, 0) is 44.9 Å². The minimum atomic E-state index is -0.660. The lowest BCUT2D eigenvalue weighted by Gasteiger charge is -2.36. The summed E-state index contributed by atoms with van der Waals surface area (Å²) in [6.07, 6.45) is 0.872. The first-order valence-electron chi connectivity index (χ1n) is 8.57. The Morgan fingerprint density at radius 3 is 2.48 bits per heavy atom. The van der Waals surface area contributed by atoms with E-state index < -0.39 is 29.5 Å². The molecule has 2 aliphatic heterocycles. The molecule has 0 spiro atoms. The summed E-state index contributed by atoms with van der Waals surface area (Å²) in [5.74, 6) is -2.39. The number of ether oxygens (including phenoxy) is 1. The molecular weight excluding hydrogens is 330 g/mol. The van der Waals surface area contributed by atoms with Gasteiger partial charge in [0.05, 0.1) is 18.2 Å². The number of carbonyl (C=O) groups excluding carboxylic acids is 2. The highest BCUT2D eigenvalue weighted by molar-refractivity contribution is 6.35. The predicted octanol–water partition coefficient (Wildman–Crippen LogP) is 2.26. The Morgan fingerprint density at radius 2 is 1.80 bits per heavy atom. The summed E-state index contributed by atoms with van der Waals surface area (Å²) in [6.45, 7) is 4.76. The van der Waals surface area contributed by atoms with E-state index in [1.165, 1.54) is 9.80 Å². The lowest BCUT2D eigenvalue weighted by atomic mass is 10.0. The fourth-order valence-electron chi connectivity index (χ4n) is 3.70. The summed E-state index contributed by atoms with van der Waals surface area (Å²) in [6, 6.07) is 2.60. The van der Waals surface area contributed by atoms with E-state index in [9.17, 15) is 18.4 Å². The van der Waals surface area contributed by atoms with Crippen LogP contribution in [0.4, 0.5) is 8.78 Å². The number of nitrogens with zero attached hydrogens (tertiary/aromatic N) is 2. The highest BCUT2D eigenvalue weighted by Gasteiger charge is 2.38. The highest BCUT2D eigenvalue weighted by atomic mass is 19.1. The number of likely N-dealkylation sites (tertiary alicyclic amines) is 1. The van der Waals surface area contributed by atoms with Crippen LogP contribution in [0, 0.1) is 11.6 Å². The molecule has 25 heavy (non-hydrogen) atoms. The minimum absolute atomic E-state index is 0.127. The Labute approximate surface area is 145 Å². The van der Waals surface area contributed by atoms with Crippen molar-refractivity contribution in [3.05, 3.63) is 35.4 Å². The van der Waals surface area contributed by atoms with Crippen LogP contribution in [-0.4, -0.2) is 53.5 Å². The molecule has 3 atom stereocenters. The van der Waals surface area contributed by atoms with Crippen LogP contribution in [-0.2, 0) is 14.3 Å². The van der Waals surface area contributed by atoms with Crippen LogP contribution in [0.25, 0.3) is 0 Å². The summed E-state index contributed by atoms with van der Waals surface area (Å²) in [5, 5.41) is 0. The molecule has 1 aromatic rings. The molecule has 5 nitrogen and oxygen atoms in total. The zero-order valence-corrected chi connectivity index (χ0v) is 14.4. The van der Waals surface area contributed by atoms with E-state index in [-0.39, 0.29) is 17.8 Å².